The van der Waals surface area contributed by atoms with Crippen LogP contribution in [0, 0.1) is 5.82 Å². The lowest BCUT2D eigenvalue weighted by molar-refractivity contribution is 0.379. The van der Waals surface area contributed by atoms with E-state index in [4.69, 9.17) is 9.15 Å². The first kappa shape index (κ1) is 25.6. The fraction of sp³-hybridized carbons (Fsp3) is 0.348. The lowest BCUT2D eigenvalue weighted by Crippen LogP contribution is -2.36. The normalized spacial score (nSPS) is 11.6. The second kappa shape index (κ2) is 11.8. The van der Waals surface area contributed by atoms with Gasteiger partial charge in [0.05, 0.1) is 19.3 Å². The molecular formula is C23H29FIN5O2. The van der Waals surface area contributed by atoms with Crippen LogP contribution < -0.4 is 15.4 Å². The SMILES string of the molecule is CCNC(=NCc1ccc(Oc2ccc(F)cc2)nc1)NCc1ncc(C(C)(C)C)o1.I. The summed E-state index contributed by atoms with van der Waals surface area (Å²) in [4.78, 5) is 13.2. The van der Waals surface area contributed by atoms with Crippen LogP contribution in [-0.4, -0.2) is 22.5 Å². The number of aromatic nitrogens is 2. The molecule has 0 saturated carbocycles. The van der Waals surface area contributed by atoms with Crippen molar-refractivity contribution in [3.63, 3.8) is 0 Å². The van der Waals surface area contributed by atoms with Gasteiger partial charge in [0, 0.05) is 24.2 Å². The zero-order valence-electron chi connectivity index (χ0n) is 18.7. The lowest BCUT2D eigenvalue weighted by Gasteiger charge is -2.13. The summed E-state index contributed by atoms with van der Waals surface area (Å²) in [5, 5.41) is 6.43. The van der Waals surface area contributed by atoms with Crippen molar-refractivity contribution in [2.24, 2.45) is 4.99 Å². The number of rotatable bonds is 7. The molecule has 7 nitrogen and oxygen atoms in total. The minimum atomic E-state index is -0.309. The van der Waals surface area contributed by atoms with Crippen LogP contribution in [0.25, 0.3) is 0 Å². The summed E-state index contributed by atoms with van der Waals surface area (Å²) in [5.74, 6) is 2.77. The van der Waals surface area contributed by atoms with Gasteiger partial charge >= 0.3 is 0 Å². The summed E-state index contributed by atoms with van der Waals surface area (Å²) < 4.78 is 24.4. The van der Waals surface area contributed by atoms with E-state index in [0.717, 1.165) is 17.9 Å². The number of nitrogens with one attached hydrogen (secondary N) is 2. The Labute approximate surface area is 204 Å². The van der Waals surface area contributed by atoms with E-state index in [0.29, 0.717) is 36.6 Å². The second-order valence-electron chi connectivity index (χ2n) is 7.98. The van der Waals surface area contributed by atoms with Crippen molar-refractivity contribution in [1.82, 2.24) is 20.6 Å². The molecule has 0 aliphatic heterocycles. The molecule has 0 bridgehead atoms. The predicted octanol–water partition coefficient (Wildman–Crippen LogP) is 5.17. The van der Waals surface area contributed by atoms with Crippen LogP contribution in [0.4, 0.5) is 4.39 Å². The Kier molecular flexibility index (Phi) is 9.42. The highest BCUT2D eigenvalue weighted by molar-refractivity contribution is 14.0. The third-order valence-electron chi connectivity index (χ3n) is 4.30. The third-order valence-corrected chi connectivity index (χ3v) is 4.30. The maximum Gasteiger partial charge on any atom is 0.219 e. The molecule has 3 rings (SSSR count). The van der Waals surface area contributed by atoms with Crippen LogP contribution in [-0.2, 0) is 18.5 Å². The highest BCUT2D eigenvalue weighted by atomic mass is 127. The summed E-state index contributed by atoms with van der Waals surface area (Å²) >= 11 is 0. The molecule has 2 aromatic heterocycles. The first-order chi connectivity index (χ1) is 14.8. The van der Waals surface area contributed by atoms with E-state index in [1.807, 2.05) is 13.0 Å². The smallest absolute Gasteiger partial charge is 0.219 e. The summed E-state index contributed by atoms with van der Waals surface area (Å²) in [7, 11) is 0. The fourth-order valence-corrected chi connectivity index (χ4v) is 2.60. The van der Waals surface area contributed by atoms with Gasteiger partial charge in [0.2, 0.25) is 11.8 Å². The lowest BCUT2D eigenvalue weighted by atomic mass is 9.94. The minimum absolute atomic E-state index is 0. The minimum Gasteiger partial charge on any atom is -0.443 e. The number of nitrogens with zero attached hydrogens (tertiary/aromatic N) is 3. The van der Waals surface area contributed by atoms with E-state index in [1.54, 1.807) is 30.6 Å². The first-order valence-electron chi connectivity index (χ1n) is 10.2. The van der Waals surface area contributed by atoms with Gasteiger partial charge in [-0.25, -0.2) is 19.4 Å². The van der Waals surface area contributed by atoms with Gasteiger partial charge in [-0.1, -0.05) is 26.8 Å². The van der Waals surface area contributed by atoms with Crippen LogP contribution in [0.15, 0.2) is 58.2 Å². The molecule has 0 fully saturated rings. The molecular weight excluding hydrogens is 524 g/mol. The number of pyridine rings is 1. The van der Waals surface area contributed by atoms with Crippen LogP contribution in [0.5, 0.6) is 11.6 Å². The van der Waals surface area contributed by atoms with Gasteiger partial charge < -0.3 is 19.8 Å². The zero-order valence-corrected chi connectivity index (χ0v) is 21.0. The molecule has 0 radical (unpaired) electrons. The van der Waals surface area contributed by atoms with Crippen molar-refractivity contribution >= 4 is 29.9 Å². The van der Waals surface area contributed by atoms with Crippen molar-refractivity contribution in [2.45, 2.75) is 46.2 Å². The number of hydrogen-bond acceptors (Lipinski definition) is 5. The number of oxazole rings is 1. The molecule has 3 aromatic rings. The van der Waals surface area contributed by atoms with E-state index >= 15 is 0 Å². The van der Waals surface area contributed by atoms with Gasteiger partial charge in [-0.3, -0.25) is 0 Å². The maximum absolute atomic E-state index is 13.0. The van der Waals surface area contributed by atoms with Gasteiger partial charge in [-0.2, -0.15) is 0 Å². The zero-order chi connectivity index (χ0) is 22.3. The highest BCUT2D eigenvalue weighted by Crippen LogP contribution is 2.22. The number of halogens is 2. The first-order valence-corrected chi connectivity index (χ1v) is 10.2. The van der Waals surface area contributed by atoms with Crippen LogP contribution in [0.2, 0.25) is 0 Å². The Balaban J connectivity index is 0.00000363. The summed E-state index contributed by atoms with van der Waals surface area (Å²) in [6.45, 7) is 9.86. The van der Waals surface area contributed by atoms with Crippen LogP contribution >= 0.6 is 24.0 Å². The van der Waals surface area contributed by atoms with Gasteiger partial charge in [-0.05, 0) is 36.8 Å². The van der Waals surface area contributed by atoms with Gasteiger partial charge in [-0.15, -0.1) is 24.0 Å². The third kappa shape index (κ3) is 7.77. The number of ether oxygens (including phenoxy) is 1. The molecule has 0 atom stereocenters. The molecule has 2 N–H and O–H groups in total. The number of guanidine groups is 1. The molecule has 0 aliphatic rings. The molecule has 32 heavy (non-hydrogen) atoms. The summed E-state index contributed by atoms with van der Waals surface area (Å²) in [6.07, 6.45) is 3.47. The van der Waals surface area contributed by atoms with E-state index in [2.05, 4.69) is 46.4 Å². The molecule has 172 valence electrons. The van der Waals surface area contributed by atoms with E-state index in [1.165, 1.54) is 12.1 Å². The molecule has 2 heterocycles. The molecule has 1 aromatic carbocycles. The second-order valence-corrected chi connectivity index (χ2v) is 7.98. The van der Waals surface area contributed by atoms with Crippen molar-refractivity contribution in [3.8, 4) is 11.6 Å². The van der Waals surface area contributed by atoms with E-state index in [9.17, 15) is 4.39 Å². The van der Waals surface area contributed by atoms with Crippen molar-refractivity contribution in [3.05, 3.63) is 71.8 Å². The average Bonchev–Trinajstić information content (AvgIpc) is 3.22. The Bertz CT molecular complexity index is 998. The van der Waals surface area contributed by atoms with Crippen molar-refractivity contribution in [2.75, 3.05) is 6.54 Å². The summed E-state index contributed by atoms with van der Waals surface area (Å²) in [5.41, 5.74) is 0.846. The Morgan fingerprint density at radius 1 is 1.06 bits per heavy atom. The van der Waals surface area contributed by atoms with E-state index in [-0.39, 0.29) is 35.2 Å². The van der Waals surface area contributed by atoms with Gasteiger partial charge in [0.1, 0.15) is 17.3 Å². The monoisotopic (exact) mass is 553 g/mol. The molecule has 0 saturated heterocycles. The van der Waals surface area contributed by atoms with Crippen molar-refractivity contribution < 1.29 is 13.5 Å². The molecule has 9 heteroatoms. The average molecular weight is 553 g/mol. The molecule has 0 unspecified atom stereocenters. The number of hydrogen-bond donors (Lipinski definition) is 2. The van der Waals surface area contributed by atoms with Gasteiger partial charge in [0.25, 0.3) is 0 Å². The molecule has 0 spiro atoms. The van der Waals surface area contributed by atoms with Gasteiger partial charge in [0.15, 0.2) is 5.96 Å². The molecule has 0 amide bonds. The van der Waals surface area contributed by atoms with Crippen molar-refractivity contribution in [1.29, 1.82) is 0 Å². The fourth-order valence-electron chi connectivity index (χ4n) is 2.60. The standard InChI is InChI=1S/C23H28FN5O2.HI/c1-5-25-22(29-15-21-27-14-19(31-21)23(2,3)4)28-13-16-6-11-20(26-12-16)30-18-9-7-17(24)8-10-18;/h6-12,14H,5,13,15H2,1-4H3,(H2,25,28,29);1H. The maximum atomic E-state index is 13.0. The number of benzene rings is 1. The number of aliphatic imine (C=N–C) groups is 1. The predicted molar refractivity (Wildman–Crippen MR) is 133 cm³/mol. The largest absolute Gasteiger partial charge is 0.443 e. The van der Waals surface area contributed by atoms with Crippen LogP contribution in [0.3, 0.4) is 0 Å². The summed E-state index contributed by atoms with van der Waals surface area (Å²) in [6, 6.07) is 9.45. The Morgan fingerprint density at radius 3 is 2.41 bits per heavy atom. The Morgan fingerprint density at radius 2 is 1.81 bits per heavy atom. The quantitative estimate of drug-likeness (QED) is 0.239. The topological polar surface area (TPSA) is 84.6 Å². The van der Waals surface area contributed by atoms with Crippen LogP contribution in [0.1, 0.15) is 44.9 Å². The Hall–Kier alpha value is -2.69. The highest BCUT2D eigenvalue weighted by Gasteiger charge is 2.19. The van der Waals surface area contributed by atoms with E-state index < -0.39 is 0 Å². The molecule has 0 aliphatic carbocycles.